The zero-order valence-corrected chi connectivity index (χ0v) is 14.4. The van der Waals surface area contributed by atoms with Crippen LogP contribution in [0.25, 0.3) is 0 Å². The molecule has 2 aromatic rings. The topological polar surface area (TPSA) is 12.5 Å². The van der Waals surface area contributed by atoms with Crippen LogP contribution in [0.4, 0.5) is 0 Å². The third-order valence-corrected chi connectivity index (χ3v) is 4.83. The quantitative estimate of drug-likeness (QED) is 0.790. The third kappa shape index (κ3) is 2.83. The molecule has 2 atom stereocenters. The Balaban J connectivity index is 2.03. The molecule has 0 fully saturated rings. The van der Waals surface area contributed by atoms with Crippen molar-refractivity contribution in [3.8, 4) is 5.75 Å². The van der Waals surface area contributed by atoms with Gasteiger partial charge < -0.3 is 9.64 Å². The molecule has 0 amide bonds. The molecule has 0 saturated heterocycles. The van der Waals surface area contributed by atoms with Gasteiger partial charge in [0.05, 0.1) is 6.04 Å². The van der Waals surface area contributed by atoms with Gasteiger partial charge in [-0.2, -0.15) is 0 Å². The Morgan fingerprint density at radius 2 is 1.86 bits per heavy atom. The van der Waals surface area contributed by atoms with Gasteiger partial charge in [-0.3, -0.25) is 0 Å². The molecule has 1 aliphatic rings. The molecule has 4 heteroatoms. The summed E-state index contributed by atoms with van der Waals surface area (Å²) in [6.45, 7) is 2.06. The Morgan fingerprint density at radius 3 is 2.55 bits per heavy atom. The Hall–Kier alpha value is -1.22. The summed E-state index contributed by atoms with van der Waals surface area (Å²) in [7, 11) is 4.14. The van der Waals surface area contributed by atoms with E-state index < -0.39 is 0 Å². The Bertz CT molecular complexity index is 699. The fraction of sp³-hybridized carbons (Fsp3) is 0.333. The predicted octanol–water partition coefficient (Wildman–Crippen LogP) is 4.91. The Kier molecular flexibility index (Phi) is 4.35. The van der Waals surface area contributed by atoms with E-state index in [1.165, 1.54) is 0 Å². The number of rotatable bonds is 3. The molecule has 0 heterocycles. The number of aryl methyl sites for hydroxylation is 1. The molecule has 3 rings (SSSR count). The second-order valence-electron chi connectivity index (χ2n) is 5.99. The molecule has 2 nitrogen and oxygen atoms in total. The fourth-order valence-corrected chi connectivity index (χ4v) is 3.62. The van der Waals surface area contributed by atoms with Gasteiger partial charge >= 0.3 is 0 Å². The van der Waals surface area contributed by atoms with Gasteiger partial charge in [-0.1, -0.05) is 41.4 Å². The van der Waals surface area contributed by atoms with Crippen molar-refractivity contribution in [1.29, 1.82) is 0 Å². The first kappa shape index (κ1) is 15.7. The molecule has 0 unspecified atom stereocenters. The van der Waals surface area contributed by atoms with Crippen molar-refractivity contribution in [3.05, 3.63) is 63.1 Å². The van der Waals surface area contributed by atoms with E-state index in [2.05, 4.69) is 32.0 Å². The molecule has 0 spiro atoms. The van der Waals surface area contributed by atoms with Crippen LogP contribution in [0.2, 0.25) is 10.0 Å². The molecule has 0 aromatic heterocycles. The van der Waals surface area contributed by atoms with E-state index in [0.29, 0.717) is 5.02 Å². The molecule has 1 aliphatic carbocycles. The molecule has 0 bridgehead atoms. The number of likely N-dealkylation sites (N-methyl/N-ethyl adjacent to an activating group) is 1. The second-order valence-corrected chi connectivity index (χ2v) is 6.84. The summed E-state index contributed by atoms with van der Waals surface area (Å²) in [5.74, 6) is 0.906. The van der Waals surface area contributed by atoms with Crippen LogP contribution < -0.4 is 4.74 Å². The molecule has 0 N–H and O–H groups in total. The first-order valence-corrected chi connectivity index (χ1v) is 8.09. The number of benzene rings is 2. The lowest BCUT2D eigenvalue weighted by atomic mass is 10.1. The Morgan fingerprint density at radius 1 is 1.14 bits per heavy atom. The van der Waals surface area contributed by atoms with E-state index in [1.807, 2.05) is 30.3 Å². The smallest absolute Gasteiger partial charge is 0.140 e. The van der Waals surface area contributed by atoms with Crippen LogP contribution in [0, 0.1) is 6.92 Å². The summed E-state index contributed by atoms with van der Waals surface area (Å²) >= 11 is 12.6. The number of ether oxygens (including phenoxy) is 1. The largest absolute Gasteiger partial charge is 0.484 e. The highest BCUT2D eigenvalue weighted by Gasteiger charge is 2.37. The summed E-state index contributed by atoms with van der Waals surface area (Å²) in [5.41, 5.74) is 3.37. The van der Waals surface area contributed by atoms with Gasteiger partial charge in [0.1, 0.15) is 11.9 Å². The fourth-order valence-electron chi connectivity index (χ4n) is 3.04. The van der Waals surface area contributed by atoms with Crippen LogP contribution in [0.5, 0.6) is 5.75 Å². The van der Waals surface area contributed by atoms with Crippen molar-refractivity contribution in [2.75, 3.05) is 14.1 Å². The summed E-state index contributed by atoms with van der Waals surface area (Å²) in [6.07, 6.45) is 0.803. The predicted molar refractivity (Wildman–Crippen MR) is 92.2 cm³/mol. The normalized spacial score (nSPS) is 20.3. The molecule has 116 valence electrons. The van der Waals surface area contributed by atoms with E-state index in [1.54, 1.807) is 0 Å². The van der Waals surface area contributed by atoms with Crippen molar-refractivity contribution in [2.45, 2.75) is 25.5 Å². The van der Waals surface area contributed by atoms with E-state index >= 15 is 0 Å². The van der Waals surface area contributed by atoms with Crippen LogP contribution in [0.15, 0.2) is 36.4 Å². The molecule has 0 saturated carbocycles. The van der Waals surface area contributed by atoms with E-state index in [9.17, 15) is 0 Å². The van der Waals surface area contributed by atoms with Crippen LogP contribution in [0.1, 0.15) is 22.8 Å². The summed E-state index contributed by atoms with van der Waals surface area (Å²) in [6, 6.07) is 12.1. The maximum absolute atomic E-state index is 6.39. The van der Waals surface area contributed by atoms with Gasteiger partial charge in [0.15, 0.2) is 0 Å². The van der Waals surface area contributed by atoms with Gasteiger partial charge in [-0.15, -0.1) is 0 Å². The molecule has 22 heavy (non-hydrogen) atoms. The van der Waals surface area contributed by atoms with Gasteiger partial charge in [0.2, 0.25) is 0 Å². The summed E-state index contributed by atoms with van der Waals surface area (Å²) in [5, 5.41) is 1.38. The average molecular weight is 336 g/mol. The van der Waals surface area contributed by atoms with Gasteiger partial charge in [-0.05, 0) is 56.8 Å². The minimum absolute atomic E-state index is 0.0673. The lowest BCUT2D eigenvalue weighted by Gasteiger charge is -2.28. The first-order valence-electron chi connectivity index (χ1n) is 7.34. The van der Waals surface area contributed by atoms with Crippen LogP contribution in [0.3, 0.4) is 0 Å². The summed E-state index contributed by atoms with van der Waals surface area (Å²) < 4.78 is 6.36. The standard InChI is InChI=1S/C18H19Cl2NO/c1-11-6-4-5-7-17(11)22-18-14-8-12(19)9-15(20)13(14)10-16(18)21(2)3/h4-9,16,18H,10H2,1-3H3/t16-,18-/m0/s1. The van der Waals surface area contributed by atoms with E-state index in [-0.39, 0.29) is 12.1 Å². The molecule has 0 radical (unpaired) electrons. The van der Waals surface area contributed by atoms with Gasteiger partial charge in [-0.25, -0.2) is 0 Å². The van der Waals surface area contributed by atoms with Crippen molar-refractivity contribution < 1.29 is 4.74 Å². The second kappa shape index (κ2) is 6.11. The maximum atomic E-state index is 6.39. The number of hydrogen-bond donors (Lipinski definition) is 0. The van der Waals surface area contributed by atoms with Crippen molar-refractivity contribution >= 4 is 23.2 Å². The number of halogens is 2. The number of hydrogen-bond acceptors (Lipinski definition) is 2. The van der Waals surface area contributed by atoms with E-state index in [0.717, 1.165) is 33.9 Å². The van der Waals surface area contributed by atoms with E-state index in [4.69, 9.17) is 27.9 Å². The van der Waals surface area contributed by atoms with Crippen LogP contribution in [-0.4, -0.2) is 25.0 Å². The number of fused-ring (bicyclic) bond motifs is 1. The monoisotopic (exact) mass is 335 g/mol. The van der Waals surface area contributed by atoms with Crippen LogP contribution >= 0.6 is 23.2 Å². The van der Waals surface area contributed by atoms with Crippen LogP contribution in [-0.2, 0) is 6.42 Å². The molecule has 0 aliphatic heterocycles. The highest BCUT2D eigenvalue weighted by molar-refractivity contribution is 6.35. The number of nitrogens with zero attached hydrogens (tertiary/aromatic N) is 1. The summed E-state index contributed by atoms with van der Waals surface area (Å²) in [4.78, 5) is 2.19. The number of para-hydroxylation sites is 1. The lowest BCUT2D eigenvalue weighted by molar-refractivity contribution is 0.110. The zero-order valence-electron chi connectivity index (χ0n) is 12.9. The Labute approximate surface area is 141 Å². The zero-order chi connectivity index (χ0) is 15.9. The highest BCUT2D eigenvalue weighted by Crippen LogP contribution is 2.42. The van der Waals surface area contributed by atoms with Crippen molar-refractivity contribution in [3.63, 3.8) is 0 Å². The van der Waals surface area contributed by atoms with Crippen molar-refractivity contribution in [1.82, 2.24) is 4.90 Å². The first-order chi connectivity index (χ1) is 10.5. The third-order valence-electron chi connectivity index (χ3n) is 4.27. The van der Waals surface area contributed by atoms with Gasteiger partial charge in [0.25, 0.3) is 0 Å². The maximum Gasteiger partial charge on any atom is 0.140 e. The highest BCUT2D eigenvalue weighted by atomic mass is 35.5. The average Bonchev–Trinajstić information content (AvgIpc) is 2.81. The minimum Gasteiger partial charge on any atom is -0.484 e. The molecule has 2 aromatic carbocycles. The minimum atomic E-state index is -0.0673. The molecular weight excluding hydrogens is 317 g/mol. The van der Waals surface area contributed by atoms with Crippen molar-refractivity contribution in [2.24, 2.45) is 0 Å². The van der Waals surface area contributed by atoms with Gasteiger partial charge in [0, 0.05) is 15.6 Å². The lowest BCUT2D eigenvalue weighted by Crippen LogP contribution is -2.34. The molecular formula is C18H19Cl2NO. The SMILES string of the molecule is Cc1ccccc1O[C@H]1c2cc(Cl)cc(Cl)c2C[C@@H]1N(C)C.